The maximum atomic E-state index is 6.50. The fourth-order valence-corrected chi connectivity index (χ4v) is 3.52. The molecule has 80 valence electrons. The Bertz CT molecular complexity index is 408. The fourth-order valence-electron chi connectivity index (χ4n) is 1.98. The minimum absolute atomic E-state index is 0.319. The highest BCUT2D eigenvalue weighted by Gasteiger charge is 2.34. The standard InChI is InChI=1S/C12H14BrNS/c1-2-9-5-3-4-8-12(9,14)10-6-7-11(13)15-10/h3-9H,2,14H2,1H3. The summed E-state index contributed by atoms with van der Waals surface area (Å²) in [5, 5.41) is 0. The molecule has 0 amide bonds. The highest BCUT2D eigenvalue weighted by atomic mass is 79.9. The highest BCUT2D eigenvalue weighted by Crippen LogP contribution is 2.39. The molecule has 0 fully saturated rings. The molecule has 1 aromatic heterocycles. The molecule has 0 saturated heterocycles. The molecule has 2 N–H and O–H groups in total. The van der Waals surface area contributed by atoms with E-state index in [1.165, 1.54) is 4.88 Å². The molecule has 1 aliphatic carbocycles. The summed E-state index contributed by atoms with van der Waals surface area (Å²) in [6, 6.07) is 4.18. The monoisotopic (exact) mass is 283 g/mol. The van der Waals surface area contributed by atoms with Gasteiger partial charge in [0.1, 0.15) is 0 Å². The summed E-state index contributed by atoms with van der Waals surface area (Å²) < 4.78 is 1.14. The Morgan fingerprint density at radius 1 is 1.47 bits per heavy atom. The minimum Gasteiger partial charge on any atom is -0.317 e. The average Bonchev–Trinajstić information content (AvgIpc) is 2.66. The van der Waals surface area contributed by atoms with E-state index in [4.69, 9.17) is 5.73 Å². The molecular weight excluding hydrogens is 270 g/mol. The van der Waals surface area contributed by atoms with Gasteiger partial charge >= 0.3 is 0 Å². The van der Waals surface area contributed by atoms with Gasteiger partial charge in [-0.15, -0.1) is 11.3 Å². The van der Waals surface area contributed by atoms with Crippen LogP contribution in [-0.4, -0.2) is 0 Å². The van der Waals surface area contributed by atoms with Crippen molar-refractivity contribution < 1.29 is 0 Å². The summed E-state index contributed by atoms with van der Waals surface area (Å²) in [6.45, 7) is 2.18. The van der Waals surface area contributed by atoms with Crippen molar-refractivity contribution in [2.75, 3.05) is 0 Å². The van der Waals surface area contributed by atoms with Gasteiger partial charge in [-0.1, -0.05) is 31.2 Å². The first kappa shape index (κ1) is 11.1. The van der Waals surface area contributed by atoms with Crippen LogP contribution in [0.2, 0.25) is 0 Å². The van der Waals surface area contributed by atoms with Crippen molar-refractivity contribution >= 4 is 27.3 Å². The van der Waals surface area contributed by atoms with Crippen LogP contribution in [0.3, 0.4) is 0 Å². The van der Waals surface area contributed by atoms with Crippen molar-refractivity contribution in [3.8, 4) is 0 Å². The maximum absolute atomic E-state index is 6.50. The zero-order chi connectivity index (χ0) is 10.9. The molecule has 0 radical (unpaired) electrons. The summed E-state index contributed by atoms with van der Waals surface area (Å²) >= 11 is 5.20. The van der Waals surface area contributed by atoms with Gasteiger partial charge in [0.25, 0.3) is 0 Å². The number of hydrogen-bond acceptors (Lipinski definition) is 2. The lowest BCUT2D eigenvalue weighted by molar-refractivity contribution is 0.400. The van der Waals surface area contributed by atoms with Crippen molar-refractivity contribution in [2.45, 2.75) is 18.9 Å². The lowest BCUT2D eigenvalue weighted by atomic mass is 9.79. The van der Waals surface area contributed by atoms with E-state index in [0.717, 1.165) is 10.2 Å². The van der Waals surface area contributed by atoms with Crippen LogP contribution in [0.4, 0.5) is 0 Å². The van der Waals surface area contributed by atoms with Crippen LogP contribution in [0, 0.1) is 5.92 Å². The van der Waals surface area contributed by atoms with Gasteiger partial charge in [0.05, 0.1) is 9.33 Å². The predicted molar refractivity (Wildman–Crippen MR) is 69.9 cm³/mol. The number of thiophene rings is 1. The molecule has 2 rings (SSSR count). The molecule has 1 heterocycles. The second-order valence-corrected chi connectivity index (χ2v) is 6.26. The van der Waals surface area contributed by atoms with Crippen LogP contribution < -0.4 is 5.73 Å². The minimum atomic E-state index is -0.319. The Labute approximate surface area is 103 Å². The average molecular weight is 284 g/mol. The number of halogens is 1. The molecule has 15 heavy (non-hydrogen) atoms. The van der Waals surface area contributed by atoms with Crippen molar-refractivity contribution in [2.24, 2.45) is 11.7 Å². The van der Waals surface area contributed by atoms with Gasteiger partial charge in [-0.25, -0.2) is 0 Å². The Hall–Kier alpha value is -0.380. The van der Waals surface area contributed by atoms with Gasteiger partial charge in [0.15, 0.2) is 0 Å². The van der Waals surface area contributed by atoms with Crippen molar-refractivity contribution in [1.29, 1.82) is 0 Å². The van der Waals surface area contributed by atoms with Gasteiger partial charge < -0.3 is 5.73 Å². The smallest absolute Gasteiger partial charge is 0.0756 e. The molecule has 1 nitrogen and oxygen atoms in total. The van der Waals surface area contributed by atoms with Gasteiger partial charge in [-0.2, -0.15) is 0 Å². The van der Waals surface area contributed by atoms with E-state index in [1.54, 1.807) is 11.3 Å². The van der Waals surface area contributed by atoms with E-state index < -0.39 is 0 Å². The third-order valence-corrected chi connectivity index (χ3v) is 4.67. The first-order valence-corrected chi connectivity index (χ1v) is 6.68. The molecule has 2 unspecified atom stereocenters. The molecule has 0 bridgehead atoms. The van der Waals surface area contributed by atoms with Crippen molar-refractivity contribution in [3.05, 3.63) is 45.1 Å². The predicted octanol–water partition coefficient (Wildman–Crippen LogP) is 3.82. The fraction of sp³-hybridized carbons (Fsp3) is 0.333. The molecule has 1 aromatic rings. The number of hydrogen-bond donors (Lipinski definition) is 1. The molecule has 2 atom stereocenters. The molecule has 1 aliphatic rings. The van der Waals surface area contributed by atoms with E-state index in [0.29, 0.717) is 5.92 Å². The normalized spacial score (nSPS) is 29.7. The topological polar surface area (TPSA) is 26.0 Å². The number of rotatable bonds is 2. The second kappa shape index (κ2) is 4.24. The van der Waals surface area contributed by atoms with Crippen LogP contribution in [0.25, 0.3) is 0 Å². The Kier molecular flexibility index (Phi) is 3.14. The first-order valence-electron chi connectivity index (χ1n) is 5.07. The van der Waals surface area contributed by atoms with Gasteiger partial charge in [-0.3, -0.25) is 0 Å². The van der Waals surface area contributed by atoms with Crippen LogP contribution in [0.15, 0.2) is 40.2 Å². The van der Waals surface area contributed by atoms with Crippen molar-refractivity contribution in [3.63, 3.8) is 0 Å². The van der Waals surface area contributed by atoms with Gasteiger partial charge in [0, 0.05) is 10.8 Å². The Morgan fingerprint density at radius 3 is 2.87 bits per heavy atom. The van der Waals surface area contributed by atoms with E-state index in [1.807, 2.05) is 6.08 Å². The zero-order valence-electron chi connectivity index (χ0n) is 8.61. The lowest BCUT2D eigenvalue weighted by Gasteiger charge is -2.33. The first-order chi connectivity index (χ1) is 7.16. The third-order valence-electron chi connectivity index (χ3n) is 2.88. The summed E-state index contributed by atoms with van der Waals surface area (Å²) in [6.07, 6.45) is 9.50. The SMILES string of the molecule is CCC1C=CC=CC1(N)c1ccc(Br)s1. The lowest BCUT2D eigenvalue weighted by Crippen LogP contribution is -2.41. The summed E-state index contributed by atoms with van der Waals surface area (Å²) in [4.78, 5) is 1.22. The Balaban J connectivity index is 2.40. The maximum Gasteiger partial charge on any atom is 0.0756 e. The number of allylic oxidation sites excluding steroid dienone is 2. The van der Waals surface area contributed by atoms with E-state index in [9.17, 15) is 0 Å². The van der Waals surface area contributed by atoms with Crippen LogP contribution in [-0.2, 0) is 5.54 Å². The van der Waals surface area contributed by atoms with E-state index in [2.05, 4.69) is 53.2 Å². The Morgan fingerprint density at radius 2 is 2.27 bits per heavy atom. The summed E-state index contributed by atoms with van der Waals surface area (Å²) in [5.41, 5.74) is 6.18. The van der Waals surface area contributed by atoms with Gasteiger partial charge in [-0.05, 0) is 34.5 Å². The van der Waals surface area contributed by atoms with Crippen LogP contribution >= 0.6 is 27.3 Å². The zero-order valence-corrected chi connectivity index (χ0v) is 11.0. The van der Waals surface area contributed by atoms with E-state index in [-0.39, 0.29) is 5.54 Å². The van der Waals surface area contributed by atoms with Crippen LogP contribution in [0.1, 0.15) is 18.2 Å². The van der Waals surface area contributed by atoms with Gasteiger partial charge in [0.2, 0.25) is 0 Å². The van der Waals surface area contributed by atoms with Crippen molar-refractivity contribution in [1.82, 2.24) is 0 Å². The molecule has 0 aliphatic heterocycles. The molecule has 0 aromatic carbocycles. The molecule has 0 spiro atoms. The van der Waals surface area contributed by atoms with E-state index >= 15 is 0 Å². The molecule has 0 saturated carbocycles. The largest absolute Gasteiger partial charge is 0.317 e. The summed E-state index contributed by atoms with van der Waals surface area (Å²) in [5.74, 6) is 0.396. The number of nitrogens with two attached hydrogens (primary N) is 1. The van der Waals surface area contributed by atoms with Crippen LogP contribution in [0.5, 0.6) is 0 Å². The molecular formula is C12H14BrNS. The second-order valence-electron chi connectivity index (χ2n) is 3.80. The highest BCUT2D eigenvalue weighted by molar-refractivity contribution is 9.11. The third kappa shape index (κ3) is 1.96. The molecule has 3 heteroatoms. The quantitative estimate of drug-likeness (QED) is 0.878. The summed E-state index contributed by atoms with van der Waals surface area (Å²) in [7, 11) is 0.